The largest absolute Gasteiger partial charge is 0.216 e. The van der Waals surface area contributed by atoms with Crippen LogP contribution in [0.2, 0.25) is 0 Å². The number of hydrogen-bond donors (Lipinski definition) is 1. The Labute approximate surface area is 111 Å². The Morgan fingerprint density at radius 2 is 2.11 bits per heavy atom. The van der Waals surface area contributed by atoms with Crippen molar-refractivity contribution in [3.8, 4) is 6.07 Å². The molecule has 2 rings (SSSR count). The van der Waals surface area contributed by atoms with Gasteiger partial charge >= 0.3 is 0 Å². The van der Waals surface area contributed by atoms with E-state index in [9.17, 15) is 8.42 Å². The second kappa shape index (κ2) is 5.74. The van der Waals surface area contributed by atoms with E-state index in [-0.39, 0.29) is 11.8 Å². The molecule has 18 heavy (non-hydrogen) atoms. The second-order valence-corrected chi connectivity index (χ2v) is 7.15. The minimum Gasteiger partial charge on any atom is -0.212 e. The summed E-state index contributed by atoms with van der Waals surface area (Å²) in [4.78, 5) is 0. The monoisotopic (exact) mass is 282 g/mol. The molecule has 1 saturated heterocycles. The normalized spacial score (nSPS) is 19.6. The first-order chi connectivity index (χ1) is 8.59. The number of rotatable bonds is 4. The molecule has 4 nitrogen and oxygen atoms in total. The highest BCUT2D eigenvalue weighted by Gasteiger charge is 2.21. The van der Waals surface area contributed by atoms with Crippen molar-refractivity contribution in [2.45, 2.75) is 18.2 Å². The summed E-state index contributed by atoms with van der Waals surface area (Å²) >= 11 is 1.77. The van der Waals surface area contributed by atoms with Crippen molar-refractivity contribution in [3.05, 3.63) is 35.4 Å². The lowest BCUT2D eigenvalue weighted by Crippen LogP contribution is -2.35. The van der Waals surface area contributed by atoms with Crippen molar-refractivity contribution in [2.75, 3.05) is 11.5 Å². The van der Waals surface area contributed by atoms with Gasteiger partial charge in [0.1, 0.15) is 0 Å². The first kappa shape index (κ1) is 13.4. The summed E-state index contributed by atoms with van der Waals surface area (Å²) in [7, 11) is -3.28. The topological polar surface area (TPSA) is 70.0 Å². The van der Waals surface area contributed by atoms with Gasteiger partial charge in [-0.2, -0.15) is 17.0 Å². The molecule has 0 aliphatic carbocycles. The van der Waals surface area contributed by atoms with Gasteiger partial charge in [-0.15, -0.1) is 0 Å². The number of sulfonamides is 1. The number of hydrogen-bond acceptors (Lipinski definition) is 4. The highest BCUT2D eigenvalue weighted by molar-refractivity contribution is 7.99. The van der Waals surface area contributed by atoms with Crippen LogP contribution >= 0.6 is 11.8 Å². The first-order valence-electron chi connectivity index (χ1n) is 5.66. The van der Waals surface area contributed by atoms with Gasteiger partial charge in [0.25, 0.3) is 0 Å². The van der Waals surface area contributed by atoms with E-state index < -0.39 is 10.0 Å². The molecule has 1 unspecified atom stereocenters. The second-order valence-electron chi connectivity index (χ2n) is 4.25. The molecule has 1 aromatic carbocycles. The molecular weight excluding hydrogens is 268 g/mol. The van der Waals surface area contributed by atoms with E-state index in [4.69, 9.17) is 5.26 Å². The summed E-state index contributed by atoms with van der Waals surface area (Å²) in [5.41, 5.74) is 1.24. The Balaban J connectivity index is 2.00. The minimum absolute atomic E-state index is 0.0279. The summed E-state index contributed by atoms with van der Waals surface area (Å²) in [6.07, 6.45) is 0.900. The summed E-state index contributed by atoms with van der Waals surface area (Å²) in [6, 6.07) is 8.71. The van der Waals surface area contributed by atoms with E-state index in [1.807, 2.05) is 6.07 Å². The zero-order valence-electron chi connectivity index (χ0n) is 9.80. The molecule has 6 heteroatoms. The number of thioether (sulfide) groups is 1. The third-order valence-electron chi connectivity index (χ3n) is 2.72. The minimum atomic E-state index is -3.28. The Morgan fingerprint density at radius 1 is 1.39 bits per heavy atom. The Hall–Kier alpha value is -1.03. The molecule has 1 aromatic rings. The zero-order valence-corrected chi connectivity index (χ0v) is 11.4. The van der Waals surface area contributed by atoms with Crippen LogP contribution in [0.3, 0.4) is 0 Å². The maximum atomic E-state index is 11.9. The van der Waals surface area contributed by atoms with Gasteiger partial charge < -0.3 is 0 Å². The van der Waals surface area contributed by atoms with E-state index in [0.717, 1.165) is 17.9 Å². The van der Waals surface area contributed by atoms with Crippen molar-refractivity contribution in [2.24, 2.45) is 0 Å². The zero-order chi connectivity index (χ0) is 13.0. The fourth-order valence-electron chi connectivity index (χ4n) is 1.82. The Bertz CT molecular complexity index is 540. The highest BCUT2D eigenvalue weighted by Crippen LogP contribution is 2.18. The van der Waals surface area contributed by atoms with Crippen LogP contribution in [0.4, 0.5) is 0 Å². The van der Waals surface area contributed by atoms with Crippen LogP contribution in [0.1, 0.15) is 17.5 Å². The number of nitrogens with one attached hydrogen (secondary N) is 1. The van der Waals surface area contributed by atoms with Gasteiger partial charge in [0.05, 0.1) is 17.4 Å². The van der Waals surface area contributed by atoms with Crippen molar-refractivity contribution < 1.29 is 8.42 Å². The van der Waals surface area contributed by atoms with Crippen LogP contribution in [-0.4, -0.2) is 26.0 Å². The summed E-state index contributed by atoms with van der Waals surface area (Å²) in [6.45, 7) is 0. The standard InChI is InChI=1S/C12H14N2O2S2/c13-7-10-1-3-11(4-2-10)9-18(15,16)14-12-5-6-17-8-12/h1-4,12,14H,5-6,8-9H2. The average molecular weight is 282 g/mol. The van der Waals surface area contributed by atoms with Crippen LogP contribution in [0, 0.1) is 11.3 Å². The predicted molar refractivity (Wildman–Crippen MR) is 72.6 cm³/mol. The number of nitrogens with zero attached hydrogens (tertiary/aromatic N) is 1. The van der Waals surface area contributed by atoms with Crippen molar-refractivity contribution in [1.29, 1.82) is 5.26 Å². The summed E-state index contributed by atoms with van der Waals surface area (Å²) in [5, 5.41) is 8.67. The van der Waals surface area contributed by atoms with Gasteiger partial charge in [-0.25, -0.2) is 13.1 Å². The van der Waals surface area contributed by atoms with Gasteiger partial charge in [-0.1, -0.05) is 12.1 Å². The van der Waals surface area contributed by atoms with Crippen LogP contribution < -0.4 is 4.72 Å². The first-order valence-corrected chi connectivity index (χ1v) is 8.46. The van der Waals surface area contributed by atoms with Crippen LogP contribution in [0.5, 0.6) is 0 Å². The molecule has 0 saturated carbocycles. The van der Waals surface area contributed by atoms with E-state index in [1.54, 1.807) is 36.0 Å². The molecule has 1 atom stereocenters. The molecule has 0 aromatic heterocycles. The lowest BCUT2D eigenvalue weighted by Gasteiger charge is -2.11. The van der Waals surface area contributed by atoms with E-state index >= 15 is 0 Å². The smallest absolute Gasteiger partial charge is 0.212 e. The molecule has 1 aliphatic heterocycles. The third kappa shape index (κ3) is 3.73. The van der Waals surface area contributed by atoms with E-state index in [0.29, 0.717) is 11.1 Å². The van der Waals surface area contributed by atoms with Crippen LogP contribution in [-0.2, 0) is 15.8 Å². The maximum absolute atomic E-state index is 11.9. The maximum Gasteiger partial charge on any atom is 0.216 e. The van der Waals surface area contributed by atoms with Crippen molar-refractivity contribution in [3.63, 3.8) is 0 Å². The van der Waals surface area contributed by atoms with Gasteiger partial charge in [-0.05, 0) is 29.9 Å². The van der Waals surface area contributed by atoms with Gasteiger partial charge in [-0.3, -0.25) is 0 Å². The van der Waals surface area contributed by atoms with Gasteiger partial charge in [0.15, 0.2) is 0 Å². The van der Waals surface area contributed by atoms with E-state index in [1.165, 1.54) is 0 Å². The van der Waals surface area contributed by atoms with Gasteiger partial charge in [0, 0.05) is 11.8 Å². The lowest BCUT2D eigenvalue weighted by atomic mass is 10.2. The van der Waals surface area contributed by atoms with Crippen molar-refractivity contribution >= 4 is 21.8 Å². The molecule has 96 valence electrons. The summed E-state index contributed by atoms with van der Waals surface area (Å²) < 4.78 is 26.6. The highest BCUT2D eigenvalue weighted by atomic mass is 32.2. The quantitative estimate of drug-likeness (QED) is 0.908. The molecule has 1 aliphatic rings. The summed E-state index contributed by atoms with van der Waals surface area (Å²) in [5.74, 6) is 1.84. The van der Waals surface area contributed by atoms with Crippen LogP contribution in [0.15, 0.2) is 24.3 Å². The number of benzene rings is 1. The molecule has 0 amide bonds. The molecule has 1 heterocycles. The molecule has 1 N–H and O–H groups in total. The average Bonchev–Trinajstić information content (AvgIpc) is 2.81. The number of nitriles is 1. The molecule has 0 bridgehead atoms. The fraction of sp³-hybridized carbons (Fsp3) is 0.417. The SMILES string of the molecule is N#Cc1ccc(CS(=O)(=O)NC2CCSC2)cc1. The van der Waals surface area contributed by atoms with Crippen molar-refractivity contribution in [1.82, 2.24) is 4.72 Å². The molecular formula is C12H14N2O2S2. The van der Waals surface area contributed by atoms with Gasteiger partial charge in [0.2, 0.25) is 10.0 Å². The fourth-order valence-corrected chi connectivity index (χ4v) is 4.50. The Kier molecular flexibility index (Phi) is 4.27. The van der Waals surface area contributed by atoms with E-state index in [2.05, 4.69) is 4.72 Å². The Morgan fingerprint density at radius 3 is 2.67 bits per heavy atom. The molecule has 0 spiro atoms. The third-order valence-corrected chi connectivity index (χ3v) is 5.28. The molecule has 1 fully saturated rings. The predicted octanol–water partition coefficient (Wildman–Crippen LogP) is 1.48. The van der Waals surface area contributed by atoms with Crippen LogP contribution in [0.25, 0.3) is 0 Å². The molecule has 0 radical (unpaired) electrons. The lowest BCUT2D eigenvalue weighted by molar-refractivity contribution is 0.562.